The standard InChI is InChI=1S/3C3H7.HI.Sn/c3*1-3-2;;/h3*3H,1-2H3;1H;. The van der Waals surface area contributed by atoms with E-state index in [1.807, 2.05) is 0 Å². The Labute approximate surface area is 96.3 Å². The van der Waals surface area contributed by atoms with E-state index in [0.29, 0.717) is 0 Å². The van der Waals surface area contributed by atoms with Gasteiger partial charge in [-0.1, -0.05) is 0 Å². The molecule has 11 heavy (non-hydrogen) atoms. The third-order valence-electron chi connectivity index (χ3n) is 2.00. The third-order valence-corrected chi connectivity index (χ3v) is 13.4. The summed E-state index contributed by atoms with van der Waals surface area (Å²) in [5.74, 6) is 0. The van der Waals surface area contributed by atoms with Crippen LogP contribution in [0.4, 0.5) is 0 Å². The fraction of sp³-hybridized carbons (Fsp3) is 1.00. The van der Waals surface area contributed by atoms with Crippen molar-refractivity contribution in [2.45, 2.75) is 53.3 Å². The van der Waals surface area contributed by atoms with E-state index in [1.54, 1.807) is 0 Å². The Morgan fingerprint density at radius 3 is 0.818 bits per heavy atom. The maximum absolute atomic E-state index is 2.41. The van der Waals surface area contributed by atoms with E-state index in [-0.39, 0.29) is 24.0 Å². The average Bonchev–Trinajstić information content (AvgIpc) is 1.59. The van der Waals surface area contributed by atoms with Crippen molar-refractivity contribution in [1.82, 2.24) is 0 Å². The smallest absolute Gasteiger partial charge is 0.107 e. The van der Waals surface area contributed by atoms with Gasteiger partial charge in [-0.25, -0.2) is 0 Å². The predicted molar refractivity (Wildman–Crippen MR) is 66.5 cm³/mol. The molecule has 0 aromatic carbocycles. The molecule has 0 nitrogen and oxygen atoms in total. The van der Waals surface area contributed by atoms with Crippen LogP contribution in [0.1, 0.15) is 41.5 Å². The Morgan fingerprint density at radius 1 is 0.636 bits per heavy atom. The molecule has 0 aliphatic carbocycles. The van der Waals surface area contributed by atoms with Gasteiger partial charge in [0.05, 0.1) is 0 Å². The van der Waals surface area contributed by atoms with Gasteiger partial charge in [0.15, 0.2) is 0 Å². The largest absolute Gasteiger partial charge is 0.107 e. The number of halogens is 1. The van der Waals surface area contributed by atoms with Crippen molar-refractivity contribution in [3.8, 4) is 0 Å². The molecule has 0 spiro atoms. The van der Waals surface area contributed by atoms with Crippen LogP contribution in [0.3, 0.4) is 0 Å². The third kappa shape index (κ3) is 5.72. The normalized spacial score (nSPS) is 11.5. The maximum atomic E-state index is 2.41. The fourth-order valence-electron chi connectivity index (χ4n) is 2.00. The van der Waals surface area contributed by atoms with Gasteiger partial charge in [0, 0.05) is 0 Å². The van der Waals surface area contributed by atoms with Gasteiger partial charge in [-0.2, -0.15) is 0 Å². The Balaban J connectivity index is 0. The molecule has 0 unspecified atom stereocenters. The first-order chi connectivity index (χ1) is 4.46. The molecule has 0 aromatic heterocycles. The van der Waals surface area contributed by atoms with Gasteiger partial charge in [0.1, 0.15) is 0 Å². The predicted octanol–water partition coefficient (Wildman–Crippen LogP) is 4.33. The molecule has 0 rings (SSSR count). The topological polar surface area (TPSA) is 0 Å². The van der Waals surface area contributed by atoms with Crippen molar-refractivity contribution >= 4 is 43.7 Å². The molecule has 0 aliphatic rings. The zero-order valence-corrected chi connectivity index (χ0v) is 13.8. The van der Waals surface area contributed by atoms with Gasteiger partial charge >= 0.3 is 73.1 Å². The maximum Gasteiger partial charge on any atom is -0.107 e. The molecular weight excluding hydrogens is 354 g/mol. The second kappa shape index (κ2) is 6.98. The van der Waals surface area contributed by atoms with Crippen molar-refractivity contribution < 1.29 is 0 Å². The van der Waals surface area contributed by atoms with E-state index in [0.717, 1.165) is 11.8 Å². The van der Waals surface area contributed by atoms with E-state index in [2.05, 4.69) is 41.5 Å². The van der Waals surface area contributed by atoms with Crippen molar-refractivity contribution in [2.75, 3.05) is 0 Å². The molecule has 0 amide bonds. The van der Waals surface area contributed by atoms with Gasteiger partial charge in [-0.05, 0) is 0 Å². The van der Waals surface area contributed by atoms with Crippen LogP contribution in [0.15, 0.2) is 0 Å². The summed E-state index contributed by atoms with van der Waals surface area (Å²) >= 11 is -1.01. The van der Waals surface area contributed by atoms with Crippen molar-refractivity contribution in [1.29, 1.82) is 0 Å². The van der Waals surface area contributed by atoms with Crippen LogP contribution in [0.2, 0.25) is 11.8 Å². The van der Waals surface area contributed by atoms with Crippen LogP contribution in [-0.4, -0.2) is 19.8 Å². The van der Waals surface area contributed by atoms with E-state index in [9.17, 15) is 0 Å². The van der Waals surface area contributed by atoms with Gasteiger partial charge < -0.3 is 0 Å². The minimum Gasteiger partial charge on any atom is -0.107 e. The summed E-state index contributed by atoms with van der Waals surface area (Å²) in [6.45, 7) is 14.5. The van der Waals surface area contributed by atoms with E-state index < -0.39 is 19.8 Å². The summed E-state index contributed by atoms with van der Waals surface area (Å²) in [5, 5.41) is 0. The zero-order chi connectivity index (χ0) is 8.31. The van der Waals surface area contributed by atoms with Crippen LogP contribution >= 0.6 is 24.0 Å². The number of hydrogen-bond acceptors (Lipinski definition) is 0. The second-order valence-electron chi connectivity index (χ2n) is 3.96. The minimum absolute atomic E-state index is 0. The second-order valence-corrected chi connectivity index (χ2v) is 16.7. The summed E-state index contributed by atoms with van der Waals surface area (Å²) in [6, 6.07) is 0. The summed E-state index contributed by atoms with van der Waals surface area (Å²) in [5.41, 5.74) is 0. The van der Waals surface area contributed by atoms with Crippen molar-refractivity contribution in [3.05, 3.63) is 0 Å². The van der Waals surface area contributed by atoms with Crippen LogP contribution in [0.5, 0.6) is 0 Å². The van der Waals surface area contributed by atoms with Crippen LogP contribution in [-0.2, 0) is 0 Å². The summed E-state index contributed by atoms with van der Waals surface area (Å²) in [7, 11) is 0. The molecule has 0 bridgehead atoms. The molecule has 0 saturated heterocycles. The molecule has 0 N–H and O–H groups in total. The van der Waals surface area contributed by atoms with E-state index in [1.165, 1.54) is 0 Å². The van der Waals surface area contributed by atoms with E-state index in [4.69, 9.17) is 0 Å². The monoisotopic (exact) mass is 377 g/mol. The molecule has 69 valence electrons. The van der Waals surface area contributed by atoms with Crippen LogP contribution < -0.4 is 0 Å². The summed E-state index contributed by atoms with van der Waals surface area (Å²) < 4.78 is 3.09. The molecule has 0 heterocycles. The Kier molecular flexibility index (Phi) is 9.54. The molecule has 2 heteroatoms. The molecule has 0 atom stereocenters. The quantitative estimate of drug-likeness (QED) is 0.509. The first-order valence-corrected chi connectivity index (χ1v) is 9.27. The molecule has 0 aromatic rings. The Bertz CT molecular complexity index is 70.5. The van der Waals surface area contributed by atoms with E-state index >= 15 is 0 Å². The summed E-state index contributed by atoms with van der Waals surface area (Å²) in [6.07, 6.45) is 0. The van der Waals surface area contributed by atoms with Crippen molar-refractivity contribution in [2.24, 2.45) is 0 Å². The van der Waals surface area contributed by atoms with Gasteiger partial charge in [-0.3, -0.25) is 0 Å². The summed E-state index contributed by atoms with van der Waals surface area (Å²) in [4.78, 5) is 0. The first-order valence-electron chi connectivity index (χ1n) is 4.33. The van der Waals surface area contributed by atoms with Crippen molar-refractivity contribution in [3.63, 3.8) is 0 Å². The van der Waals surface area contributed by atoms with Gasteiger partial charge in [0.2, 0.25) is 0 Å². The Hall–Kier alpha value is 1.53. The zero-order valence-electron chi connectivity index (χ0n) is 8.64. The SMILES string of the molecule is C[CH](C)[Sn]([CH](C)C)[CH](C)C.I. The molecule has 0 saturated carbocycles. The fourth-order valence-corrected chi connectivity index (χ4v) is 13.4. The Morgan fingerprint density at radius 2 is 0.818 bits per heavy atom. The molecule has 1 radical (unpaired) electrons. The minimum atomic E-state index is -1.01. The van der Waals surface area contributed by atoms with Crippen LogP contribution in [0, 0.1) is 0 Å². The number of rotatable bonds is 3. The van der Waals surface area contributed by atoms with Gasteiger partial charge in [-0.15, -0.1) is 24.0 Å². The molecule has 0 aliphatic heterocycles. The molecular formula is C9H22ISn. The first kappa shape index (κ1) is 15.0. The average molecular weight is 376 g/mol. The van der Waals surface area contributed by atoms with Gasteiger partial charge in [0.25, 0.3) is 0 Å². The number of hydrogen-bond donors (Lipinski definition) is 0. The van der Waals surface area contributed by atoms with Crippen LogP contribution in [0.25, 0.3) is 0 Å². The molecule has 0 fully saturated rings.